The Bertz CT molecular complexity index is 929. The Morgan fingerprint density at radius 1 is 0.647 bits per heavy atom. The molecule has 0 aliphatic heterocycles. The number of allylic oxidation sites excluding steroid dienone is 2. The summed E-state index contributed by atoms with van der Waals surface area (Å²) in [5.74, 6) is 0.0969. The number of carbonyl (C=O) groups excluding carboxylic acids is 4. The van der Waals surface area contributed by atoms with Crippen LogP contribution in [-0.4, -0.2) is 49.7 Å². The molecule has 2 aromatic carbocycles. The second-order valence-corrected chi connectivity index (χ2v) is 7.17. The molecule has 0 aliphatic rings. The molecule has 8 nitrogen and oxygen atoms in total. The van der Waals surface area contributed by atoms with Crippen molar-refractivity contribution in [2.75, 3.05) is 26.3 Å². The van der Waals surface area contributed by atoms with Crippen molar-refractivity contribution in [3.05, 3.63) is 85.0 Å². The van der Waals surface area contributed by atoms with Gasteiger partial charge < -0.3 is 20.1 Å². The van der Waals surface area contributed by atoms with E-state index in [0.717, 1.165) is 0 Å². The monoisotopic (exact) mass is 464 g/mol. The van der Waals surface area contributed by atoms with Crippen LogP contribution >= 0.6 is 0 Å². The predicted molar refractivity (Wildman–Crippen MR) is 128 cm³/mol. The largest absolute Gasteiger partial charge is 0.484 e. The average molecular weight is 465 g/mol. The van der Waals surface area contributed by atoms with E-state index in [1.165, 1.54) is 12.2 Å². The van der Waals surface area contributed by atoms with E-state index in [1.54, 1.807) is 48.5 Å². The van der Waals surface area contributed by atoms with E-state index in [-0.39, 0.29) is 36.6 Å². The normalized spacial score (nSPS) is 10.0. The summed E-state index contributed by atoms with van der Waals surface area (Å²) in [7, 11) is 0. The number of nitrogens with one attached hydrogen (secondary N) is 2. The van der Waals surface area contributed by atoms with E-state index in [4.69, 9.17) is 9.47 Å². The summed E-state index contributed by atoms with van der Waals surface area (Å²) in [5, 5.41) is 5.49. The van der Waals surface area contributed by atoms with Gasteiger partial charge in [0.05, 0.1) is 0 Å². The minimum atomic E-state index is -0.260. The van der Waals surface area contributed by atoms with E-state index in [1.807, 2.05) is 0 Å². The highest BCUT2D eigenvalue weighted by Gasteiger charge is 2.06. The highest BCUT2D eigenvalue weighted by Crippen LogP contribution is 2.13. The molecule has 0 aromatic heterocycles. The van der Waals surface area contributed by atoms with Crippen molar-refractivity contribution in [2.24, 2.45) is 0 Å². The molecular weight excluding hydrogens is 436 g/mol. The fourth-order valence-corrected chi connectivity index (χ4v) is 2.77. The average Bonchev–Trinajstić information content (AvgIpc) is 2.87. The summed E-state index contributed by atoms with van der Waals surface area (Å²) in [4.78, 5) is 46.7. The molecule has 2 rings (SSSR count). The summed E-state index contributed by atoms with van der Waals surface area (Å²) < 4.78 is 10.8. The van der Waals surface area contributed by atoms with Gasteiger partial charge in [-0.05, 0) is 73.5 Å². The van der Waals surface area contributed by atoms with Crippen LogP contribution in [0.4, 0.5) is 0 Å². The zero-order valence-corrected chi connectivity index (χ0v) is 18.9. The van der Waals surface area contributed by atoms with Crippen molar-refractivity contribution in [1.29, 1.82) is 0 Å². The van der Waals surface area contributed by atoms with Crippen LogP contribution in [0, 0.1) is 0 Å². The van der Waals surface area contributed by atoms with Crippen LogP contribution in [0.5, 0.6) is 11.5 Å². The number of unbranched alkanes of at least 4 members (excludes halogenated alkanes) is 1. The van der Waals surface area contributed by atoms with Gasteiger partial charge in [-0.15, -0.1) is 0 Å². The fourth-order valence-electron chi connectivity index (χ4n) is 2.77. The van der Waals surface area contributed by atoms with E-state index in [2.05, 4.69) is 23.8 Å². The Morgan fingerprint density at radius 2 is 1.00 bits per heavy atom. The smallest absolute Gasteiger partial charge is 0.257 e. The van der Waals surface area contributed by atoms with Gasteiger partial charge in [0.1, 0.15) is 11.5 Å². The lowest BCUT2D eigenvalue weighted by Crippen LogP contribution is -2.32. The van der Waals surface area contributed by atoms with E-state index in [0.29, 0.717) is 48.6 Å². The van der Waals surface area contributed by atoms with Gasteiger partial charge in [-0.1, -0.05) is 13.2 Å². The Kier molecular flexibility index (Phi) is 10.8. The number of ether oxygens (including phenoxy) is 2. The maximum absolute atomic E-state index is 11.9. The van der Waals surface area contributed by atoms with Gasteiger partial charge in [0.2, 0.25) is 0 Å². The molecule has 0 bridgehead atoms. The Labute approximate surface area is 198 Å². The predicted octanol–water partition coefficient (Wildman–Crippen LogP) is 2.89. The van der Waals surface area contributed by atoms with Gasteiger partial charge in [0.25, 0.3) is 11.8 Å². The fraction of sp³-hybridized carbons (Fsp3) is 0.231. The molecule has 0 spiro atoms. The first-order valence-corrected chi connectivity index (χ1v) is 10.8. The number of hydrogen-bond acceptors (Lipinski definition) is 6. The Balaban J connectivity index is 1.52. The molecule has 2 amide bonds. The Morgan fingerprint density at radius 3 is 1.32 bits per heavy atom. The first kappa shape index (κ1) is 26.1. The number of ketones is 2. The third-order valence-electron chi connectivity index (χ3n) is 4.64. The lowest BCUT2D eigenvalue weighted by Gasteiger charge is -2.09. The van der Waals surface area contributed by atoms with Crippen LogP contribution in [0.15, 0.2) is 73.8 Å². The molecular formula is C26H28N2O6. The molecule has 0 heterocycles. The molecule has 2 aromatic rings. The van der Waals surface area contributed by atoms with E-state index < -0.39 is 0 Å². The van der Waals surface area contributed by atoms with Gasteiger partial charge in [0, 0.05) is 24.2 Å². The molecule has 0 fully saturated rings. The van der Waals surface area contributed by atoms with Crippen molar-refractivity contribution in [3.8, 4) is 11.5 Å². The Hall–Kier alpha value is -4.20. The lowest BCUT2D eigenvalue weighted by atomic mass is 10.1. The molecule has 0 unspecified atom stereocenters. The minimum Gasteiger partial charge on any atom is -0.484 e. The third kappa shape index (κ3) is 9.12. The molecule has 0 saturated carbocycles. The molecule has 2 N–H and O–H groups in total. The molecule has 0 radical (unpaired) electrons. The van der Waals surface area contributed by atoms with Gasteiger partial charge in [-0.3, -0.25) is 19.2 Å². The van der Waals surface area contributed by atoms with Crippen molar-refractivity contribution in [2.45, 2.75) is 12.8 Å². The van der Waals surface area contributed by atoms with Crippen LogP contribution in [0.3, 0.4) is 0 Å². The quantitative estimate of drug-likeness (QED) is 0.238. The number of rotatable bonds is 15. The zero-order chi connectivity index (χ0) is 24.8. The molecule has 178 valence electrons. The topological polar surface area (TPSA) is 111 Å². The first-order chi connectivity index (χ1) is 16.4. The van der Waals surface area contributed by atoms with Crippen molar-refractivity contribution in [1.82, 2.24) is 10.6 Å². The van der Waals surface area contributed by atoms with Crippen LogP contribution in [-0.2, 0) is 9.59 Å². The summed E-state index contributed by atoms with van der Waals surface area (Å²) in [6, 6.07) is 12.9. The summed E-state index contributed by atoms with van der Waals surface area (Å²) in [6.45, 7) is 7.51. The van der Waals surface area contributed by atoms with Crippen LogP contribution < -0.4 is 20.1 Å². The highest BCUT2D eigenvalue weighted by molar-refractivity contribution is 6.04. The lowest BCUT2D eigenvalue weighted by molar-refractivity contribution is -0.124. The molecule has 0 saturated heterocycles. The maximum atomic E-state index is 11.9. The second kappa shape index (κ2) is 14.1. The van der Waals surface area contributed by atoms with E-state index in [9.17, 15) is 19.2 Å². The van der Waals surface area contributed by atoms with Crippen LogP contribution in [0.1, 0.15) is 33.6 Å². The molecule has 8 heteroatoms. The first-order valence-electron chi connectivity index (χ1n) is 10.8. The summed E-state index contributed by atoms with van der Waals surface area (Å²) in [6.07, 6.45) is 3.84. The summed E-state index contributed by atoms with van der Waals surface area (Å²) in [5.41, 5.74) is 1.00. The van der Waals surface area contributed by atoms with Crippen LogP contribution in [0.25, 0.3) is 0 Å². The molecule has 0 atom stereocenters. The number of amides is 2. The standard InChI is InChI=1S/C26H28N2O6/c1-3-23(29)19-7-11-21(12-8-19)33-17-25(31)27-15-5-6-16-28-26(32)18-34-22-13-9-20(10-14-22)24(30)4-2/h3-4,7-14H,1-2,5-6,15-18H2,(H,27,31)(H,28,32). The van der Waals surface area contributed by atoms with Crippen molar-refractivity contribution >= 4 is 23.4 Å². The van der Waals surface area contributed by atoms with Crippen LogP contribution in [0.2, 0.25) is 0 Å². The van der Waals surface area contributed by atoms with Gasteiger partial charge in [-0.25, -0.2) is 0 Å². The summed E-state index contributed by atoms with van der Waals surface area (Å²) >= 11 is 0. The SMILES string of the molecule is C=CC(=O)c1ccc(OCC(=O)NCCCCNC(=O)COc2ccc(C(=O)C=C)cc2)cc1. The minimum absolute atomic E-state index is 0.133. The molecule has 34 heavy (non-hydrogen) atoms. The number of hydrogen-bond donors (Lipinski definition) is 2. The van der Waals surface area contributed by atoms with Gasteiger partial charge in [0.15, 0.2) is 24.8 Å². The van der Waals surface area contributed by atoms with Gasteiger partial charge in [-0.2, -0.15) is 0 Å². The number of carbonyl (C=O) groups is 4. The van der Waals surface area contributed by atoms with Gasteiger partial charge >= 0.3 is 0 Å². The van der Waals surface area contributed by atoms with Crippen molar-refractivity contribution in [3.63, 3.8) is 0 Å². The molecule has 0 aliphatic carbocycles. The number of benzene rings is 2. The van der Waals surface area contributed by atoms with Crippen molar-refractivity contribution < 1.29 is 28.7 Å². The third-order valence-corrected chi connectivity index (χ3v) is 4.64. The zero-order valence-electron chi connectivity index (χ0n) is 18.9. The maximum Gasteiger partial charge on any atom is 0.257 e. The highest BCUT2D eigenvalue weighted by atomic mass is 16.5. The van der Waals surface area contributed by atoms with E-state index >= 15 is 0 Å². The second-order valence-electron chi connectivity index (χ2n) is 7.17.